The number of hydrogen-bond donors (Lipinski definition) is 3. The molecule has 0 aliphatic carbocycles. The third-order valence-electron chi connectivity index (χ3n) is 3.79. The molecule has 0 spiro atoms. The molecule has 124 valence electrons. The Morgan fingerprint density at radius 3 is 2.70 bits per heavy atom. The smallest absolute Gasteiger partial charge is 0.269 e. The van der Waals surface area contributed by atoms with Crippen LogP contribution < -0.4 is 5.32 Å². The second-order valence-electron chi connectivity index (χ2n) is 6.25. The largest absolute Gasteiger partial charge is 0.396 e. The summed E-state index contributed by atoms with van der Waals surface area (Å²) >= 11 is 0. The van der Waals surface area contributed by atoms with Gasteiger partial charge >= 0.3 is 0 Å². The predicted molar refractivity (Wildman–Crippen MR) is 91.0 cm³/mol. The zero-order valence-electron chi connectivity index (χ0n) is 13.7. The Bertz CT molecular complexity index is 608. The molecule has 0 aliphatic heterocycles. The molecule has 0 bridgehead atoms. The number of amides is 1. The van der Waals surface area contributed by atoms with Crippen molar-refractivity contribution in [1.29, 1.82) is 0 Å². The predicted octanol–water partition coefficient (Wildman–Crippen LogP) is 2.85. The standard InChI is InChI=1S/C18H25N3O2/c1-13(2)10-14(8-9-22)12-19-18(23)17-11-16(20-21-17)15-6-4-3-5-7-15/h3-7,11,13-14,22H,8-10,12H2,1-2H3,(H,19,23)(H,20,21). The maximum atomic E-state index is 12.2. The van der Waals surface area contributed by atoms with Gasteiger partial charge in [-0.1, -0.05) is 44.2 Å². The van der Waals surface area contributed by atoms with Gasteiger partial charge in [0.2, 0.25) is 0 Å². The third kappa shape index (κ3) is 5.21. The van der Waals surface area contributed by atoms with Crippen LogP contribution in [0.25, 0.3) is 11.3 Å². The number of hydrogen-bond acceptors (Lipinski definition) is 3. The lowest BCUT2D eigenvalue weighted by molar-refractivity contribution is 0.0936. The van der Waals surface area contributed by atoms with Crippen LogP contribution in [-0.4, -0.2) is 34.4 Å². The number of carbonyl (C=O) groups is 1. The van der Waals surface area contributed by atoms with Crippen LogP contribution in [0.2, 0.25) is 0 Å². The lowest BCUT2D eigenvalue weighted by Crippen LogP contribution is -2.30. The highest BCUT2D eigenvalue weighted by molar-refractivity contribution is 5.93. The van der Waals surface area contributed by atoms with Crippen molar-refractivity contribution in [1.82, 2.24) is 15.5 Å². The molecule has 0 aliphatic rings. The van der Waals surface area contributed by atoms with E-state index in [2.05, 4.69) is 29.4 Å². The maximum Gasteiger partial charge on any atom is 0.269 e. The molecule has 1 aromatic carbocycles. The summed E-state index contributed by atoms with van der Waals surface area (Å²) < 4.78 is 0. The summed E-state index contributed by atoms with van der Waals surface area (Å²) in [6.45, 7) is 5.01. The quantitative estimate of drug-likeness (QED) is 0.701. The summed E-state index contributed by atoms with van der Waals surface area (Å²) in [7, 11) is 0. The topological polar surface area (TPSA) is 78.0 Å². The fraction of sp³-hybridized carbons (Fsp3) is 0.444. The molecule has 5 heteroatoms. The summed E-state index contributed by atoms with van der Waals surface area (Å²) in [5, 5.41) is 19.0. The van der Waals surface area contributed by atoms with Crippen LogP contribution in [0.4, 0.5) is 0 Å². The zero-order chi connectivity index (χ0) is 16.7. The molecule has 2 aromatic rings. The normalized spacial score (nSPS) is 12.3. The molecule has 1 aromatic heterocycles. The molecule has 3 N–H and O–H groups in total. The van der Waals surface area contributed by atoms with Crippen LogP contribution >= 0.6 is 0 Å². The summed E-state index contributed by atoms with van der Waals surface area (Å²) in [4.78, 5) is 12.2. The van der Waals surface area contributed by atoms with E-state index in [0.717, 1.165) is 17.7 Å². The monoisotopic (exact) mass is 315 g/mol. The highest BCUT2D eigenvalue weighted by atomic mass is 16.3. The average Bonchev–Trinajstić information content (AvgIpc) is 3.03. The number of aliphatic hydroxyl groups is 1. The number of nitrogens with zero attached hydrogens (tertiary/aromatic N) is 1. The van der Waals surface area contributed by atoms with E-state index in [1.54, 1.807) is 6.07 Å². The molecule has 0 saturated heterocycles. The first-order valence-corrected chi connectivity index (χ1v) is 8.10. The van der Waals surface area contributed by atoms with Crippen molar-refractivity contribution >= 4 is 5.91 Å². The minimum atomic E-state index is -0.161. The average molecular weight is 315 g/mol. The molecule has 1 heterocycles. The lowest BCUT2D eigenvalue weighted by atomic mass is 9.94. The number of benzene rings is 1. The van der Waals surface area contributed by atoms with Crippen molar-refractivity contribution in [2.75, 3.05) is 13.2 Å². The van der Waals surface area contributed by atoms with Crippen LogP contribution in [0.1, 0.15) is 37.2 Å². The van der Waals surface area contributed by atoms with Gasteiger partial charge in [-0.2, -0.15) is 5.10 Å². The fourth-order valence-electron chi connectivity index (χ4n) is 2.68. The van der Waals surface area contributed by atoms with Gasteiger partial charge in [-0.15, -0.1) is 0 Å². The minimum absolute atomic E-state index is 0.148. The second kappa shape index (κ2) is 8.48. The summed E-state index contributed by atoms with van der Waals surface area (Å²) in [6, 6.07) is 11.5. The van der Waals surface area contributed by atoms with Gasteiger partial charge in [-0.05, 0) is 30.7 Å². The van der Waals surface area contributed by atoms with Crippen molar-refractivity contribution in [3.8, 4) is 11.3 Å². The molecular formula is C18H25N3O2. The van der Waals surface area contributed by atoms with E-state index in [1.165, 1.54) is 0 Å². The fourth-order valence-corrected chi connectivity index (χ4v) is 2.68. The summed E-state index contributed by atoms with van der Waals surface area (Å²) in [5.41, 5.74) is 2.18. The molecule has 0 fully saturated rings. The summed E-state index contributed by atoms with van der Waals surface area (Å²) in [6.07, 6.45) is 1.69. The van der Waals surface area contributed by atoms with Crippen LogP contribution in [0, 0.1) is 11.8 Å². The molecule has 5 nitrogen and oxygen atoms in total. The molecule has 1 atom stereocenters. The number of aromatic amines is 1. The van der Waals surface area contributed by atoms with Gasteiger partial charge in [0, 0.05) is 18.7 Å². The first-order valence-electron chi connectivity index (χ1n) is 8.10. The van der Waals surface area contributed by atoms with E-state index < -0.39 is 0 Å². The second-order valence-corrected chi connectivity index (χ2v) is 6.25. The van der Waals surface area contributed by atoms with Gasteiger partial charge in [0.15, 0.2) is 0 Å². The Balaban J connectivity index is 1.94. The Hall–Kier alpha value is -2.14. The SMILES string of the molecule is CC(C)CC(CCO)CNC(=O)c1cc(-c2ccccc2)n[nH]1. The molecule has 0 saturated carbocycles. The van der Waals surface area contributed by atoms with E-state index in [-0.39, 0.29) is 12.5 Å². The molecule has 1 amide bonds. The zero-order valence-corrected chi connectivity index (χ0v) is 13.7. The van der Waals surface area contributed by atoms with Crippen LogP contribution in [0.3, 0.4) is 0 Å². The number of aliphatic hydroxyl groups excluding tert-OH is 1. The third-order valence-corrected chi connectivity index (χ3v) is 3.79. The maximum absolute atomic E-state index is 12.2. The number of nitrogens with one attached hydrogen (secondary N) is 2. The number of carbonyl (C=O) groups excluding carboxylic acids is 1. The number of H-pyrrole nitrogens is 1. The minimum Gasteiger partial charge on any atom is -0.396 e. The highest BCUT2D eigenvalue weighted by Crippen LogP contribution is 2.17. The highest BCUT2D eigenvalue weighted by Gasteiger charge is 2.15. The van der Waals surface area contributed by atoms with E-state index in [1.807, 2.05) is 30.3 Å². The van der Waals surface area contributed by atoms with Gasteiger partial charge in [0.1, 0.15) is 5.69 Å². The number of rotatable bonds is 8. The Morgan fingerprint density at radius 1 is 1.30 bits per heavy atom. The molecular weight excluding hydrogens is 290 g/mol. The van der Waals surface area contributed by atoms with Gasteiger partial charge in [-0.3, -0.25) is 9.89 Å². The van der Waals surface area contributed by atoms with Gasteiger partial charge in [0.25, 0.3) is 5.91 Å². The van der Waals surface area contributed by atoms with E-state index >= 15 is 0 Å². The van der Waals surface area contributed by atoms with Gasteiger partial charge < -0.3 is 10.4 Å². The first-order chi connectivity index (χ1) is 11.1. The Kier molecular flexibility index (Phi) is 6.35. The Labute approximate surface area is 137 Å². The van der Waals surface area contributed by atoms with E-state index in [4.69, 9.17) is 5.11 Å². The lowest BCUT2D eigenvalue weighted by Gasteiger charge is -2.18. The van der Waals surface area contributed by atoms with Crippen molar-refractivity contribution in [3.05, 3.63) is 42.1 Å². The first kappa shape index (κ1) is 17.2. The molecule has 2 rings (SSSR count). The van der Waals surface area contributed by atoms with Crippen molar-refractivity contribution < 1.29 is 9.90 Å². The molecule has 1 unspecified atom stereocenters. The molecule has 23 heavy (non-hydrogen) atoms. The summed E-state index contributed by atoms with van der Waals surface area (Å²) in [5.74, 6) is 0.673. The van der Waals surface area contributed by atoms with Gasteiger partial charge in [0.05, 0.1) is 5.69 Å². The number of aromatic nitrogens is 2. The van der Waals surface area contributed by atoms with Crippen molar-refractivity contribution in [2.24, 2.45) is 11.8 Å². The van der Waals surface area contributed by atoms with Crippen molar-refractivity contribution in [3.63, 3.8) is 0 Å². The van der Waals surface area contributed by atoms with Gasteiger partial charge in [-0.25, -0.2) is 0 Å². The van der Waals surface area contributed by atoms with E-state index in [9.17, 15) is 4.79 Å². The van der Waals surface area contributed by atoms with Crippen LogP contribution in [-0.2, 0) is 0 Å². The molecule has 0 radical (unpaired) electrons. The van der Waals surface area contributed by atoms with Crippen molar-refractivity contribution in [2.45, 2.75) is 26.7 Å². The Morgan fingerprint density at radius 2 is 2.04 bits per heavy atom. The van der Waals surface area contributed by atoms with Crippen LogP contribution in [0.5, 0.6) is 0 Å². The van der Waals surface area contributed by atoms with Crippen LogP contribution in [0.15, 0.2) is 36.4 Å². The van der Waals surface area contributed by atoms with E-state index in [0.29, 0.717) is 30.5 Å².